The average molecular weight is 357 g/mol. The van der Waals surface area contributed by atoms with E-state index in [1.54, 1.807) is 18.3 Å². The SMILES string of the molecule is Cc1cc(C(CN)N(C)Cc2csc(Br)c2)ccc1F. The number of halogens is 2. The molecule has 0 saturated carbocycles. The van der Waals surface area contributed by atoms with Gasteiger partial charge in [0.2, 0.25) is 0 Å². The molecule has 0 aliphatic carbocycles. The maximum atomic E-state index is 13.4. The standard InChI is InChI=1S/C15H18BrFN2S/c1-10-5-12(3-4-13(10)17)14(7-18)19(2)8-11-6-15(16)20-9-11/h3-6,9,14H,7-8,18H2,1-2H3. The summed E-state index contributed by atoms with van der Waals surface area (Å²) in [6.45, 7) is 3.11. The van der Waals surface area contributed by atoms with Gasteiger partial charge in [-0.25, -0.2) is 4.39 Å². The maximum absolute atomic E-state index is 13.4. The van der Waals surface area contributed by atoms with E-state index in [4.69, 9.17) is 5.73 Å². The van der Waals surface area contributed by atoms with Crippen molar-refractivity contribution in [3.05, 3.63) is 55.9 Å². The number of benzene rings is 1. The van der Waals surface area contributed by atoms with E-state index in [-0.39, 0.29) is 11.9 Å². The topological polar surface area (TPSA) is 29.3 Å². The molecule has 0 fully saturated rings. The number of likely N-dealkylation sites (N-methyl/N-ethyl adjacent to an activating group) is 1. The van der Waals surface area contributed by atoms with E-state index in [9.17, 15) is 4.39 Å². The summed E-state index contributed by atoms with van der Waals surface area (Å²) >= 11 is 5.15. The van der Waals surface area contributed by atoms with Gasteiger partial charge in [-0.15, -0.1) is 11.3 Å². The summed E-state index contributed by atoms with van der Waals surface area (Å²) in [5.41, 5.74) is 8.88. The number of nitrogens with two attached hydrogens (primary N) is 1. The van der Waals surface area contributed by atoms with Crippen molar-refractivity contribution in [1.29, 1.82) is 0 Å². The van der Waals surface area contributed by atoms with E-state index in [1.165, 1.54) is 11.6 Å². The van der Waals surface area contributed by atoms with Crippen molar-refractivity contribution >= 4 is 27.3 Å². The molecule has 0 aliphatic heterocycles. The van der Waals surface area contributed by atoms with Gasteiger partial charge in [-0.05, 0) is 64.1 Å². The van der Waals surface area contributed by atoms with Crippen LogP contribution in [-0.4, -0.2) is 18.5 Å². The van der Waals surface area contributed by atoms with Crippen molar-refractivity contribution in [1.82, 2.24) is 4.90 Å². The summed E-state index contributed by atoms with van der Waals surface area (Å²) in [7, 11) is 2.04. The highest BCUT2D eigenvalue weighted by atomic mass is 79.9. The Labute approximate surface area is 131 Å². The molecule has 0 aliphatic rings. The van der Waals surface area contributed by atoms with Crippen LogP contribution in [0.25, 0.3) is 0 Å². The third-order valence-corrected chi connectivity index (χ3v) is 4.93. The fourth-order valence-corrected chi connectivity index (χ4v) is 3.47. The molecule has 1 aromatic heterocycles. The molecule has 0 saturated heterocycles. The molecule has 0 spiro atoms. The maximum Gasteiger partial charge on any atom is 0.126 e. The lowest BCUT2D eigenvalue weighted by molar-refractivity contribution is 0.242. The van der Waals surface area contributed by atoms with E-state index in [2.05, 4.69) is 32.3 Å². The van der Waals surface area contributed by atoms with Crippen LogP contribution in [0.15, 0.2) is 33.4 Å². The minimum atomic E-state index is -0.172. The van der Waals surface area contributed by atoms with Crippen molar-refractivity contribution in [3.63, 3.8) is 0 Å². The number of nitrogens with zero attached hydrogens (tertiary/aromatic N) is 1. The number of thiophene rings is 1. The Morgan fingerprint density at radius 3 is 2.70 bits per heavy atom. The molecule has 0 bridgehead atoms. The largest absolute Gasteiger partial charge is 0.329 e. The molecular formula is C15H18BrFN2S. The van der Waals surface area contributed by atoms with Crippen LogP contribution >= 0.6 is 27.3 Å². The number of hydrogen-bond donors (Lipinski definition) is 1. The first-order valence-corrected chi connectivity index (χ1v) is 8.07. The second kappa shape index (κ2) is 6.80. The molecule has 2 N–H and O–H groups in total. The molecule has 1 heterocycles. The normalized spacial score (nSPS) is 12.9. The van der Waals surface area contributed by atoms with Gasteiger partial charge in [-0.1, -0.05) is 12.1 Å². The minimum absolute atomic E-state index is 0.0907. The number of rotatable bonds is 5. The van der Waals surface area contributed by atoms with Gasteiger partial charge in [0.05, 0.1) is 3.79 Å². The molecule has 0 radical (unpaired) electrons. The van der Waals surface area contributed by atoms with Gasteiger partial charge >= 0.3 is 0 Å². The third-order valence-electron chi connectivity index (χ3n) is 3.38. The molecule has 2 rings (SSSR count). The van der Waals surface area contributed by atoms with Crippen molar-refractivity contribution in [2.75, 3.05) is 13.6 Å². The van der Waals surface area contributed by atoms with E-state index in [1.807, 2.05) is 19.2 Å². The van der Waals surface area contributed by atoms with Gasteiger partial charge in [-0.3, -0.25) is 4.90 Å². The molecular weight excluding hydrogens is 339 g/mol. The lowest BCUT2D eigenvalue weighted by Gasteiger charge is -2.27. The highest BCUT2D eigenvalue weighted by Crippen LogP contribution is 2.25. The van der Waals surface area contributed by atoms with Gasteiger partial charge in [0.1, 0.15) is 5.82 Å². The predicted octanol–water partition coefficient (Wildman–Crippen LogP) is 4.09. The van der Waals surface area contributed by atoms with E-state index in [0.717, 1.165) is 15.9 Å². The molecule has 1 aromatic carbocycles. The Morgan fingerprint density at radius 2 is 2.15 bits per heavy atom. The smallest absolute Gasteiger partial charge is 0.126 e. The van der Waals surface area contributed by atoms with Crippen molar-refractivity contribution < 1.29 is 4.39 Å². The Bertz CT molecular complexity index is 585. The van der Waals surface area contributed by atoms with Gasteiger partial charge in [0, 0.05) is 19.1 Å². The van der Waals surface area contributed by atoms with Gasteiger partial charge in [-0.2, -0.15) is 0 Å². The molecule has 108 valence electrons. The highest BCUT2D eigenvalue weighted by molar-refractivity contribution is 9.11. The lowest BCUT2D eigenvalue weighted by Crippen LogP contribution is -2.30. The van der Waals surface area contributed by atoms with E-state index in [0.29, 0.717) is 12.1 Å². The Hall–Kier alpha value is -0.750. The zero-order valence-corrected chi connectivity index (χ0v) is 14.0. The first kappa shape index (κ1) is 15.6. The zero-order valence-electron chi connectivity index (χ0n) is 11.6. The van der Waals surface area contributed by atoms with Gasteiger partial charge in [0.15, 0.2) is 0 Å². The monoisotopic (exact) mass is 356 g/mol. The summed E-state index contributed by atoms with van der Waals surface area (Å²) in [4.78, 5) is 2.20. The fraction of sp³-hybridized carbons (Fsp3) is 0.333. The van der Waals surface area contributed by atoms with Crippen LogP contribution < -0.4 is 5.73 Å². The van der Waals surface area contributed by atoms with E-state index >= 15 is 0 Å². The van der Waals surface area contributed by atoms with Crippen LogP contribution in [0.3, 0.4) is 0 Å². The van der Waals surface area contributed by atoms with Crippen LogP contribution in [0.4, 0.5) is 4.39 Å². The summed E-state index contributed by atoms with van der Waals surface area (Å²) < 4.78 is 14.5. The van der Waals surface area contributed by atoms with Gasteiger partial charge in [0.25, 0.3) is 0 Å². The second-order valence-electron chi connectivity index (χ2n) is 4.93. The Kier molecular flexibility index (Phi) is 5.32. The highest BCUT2D eigenvalue weighted by Gasteiger charge is 2.17. The zero-order chi connectivity index (χ0) is 14.7. The van der Waals surface area contributed by atoms with E-state index < -0.39 is 0 Å². The molecule has 0 amide bonds. The predicted molar refractivity (Wildman–Crippen MR) is 86.4 cm³/mol. The number of hydrogen-bond acceptors (Lipinski definition) is 3. The molecule has 5 heteroatoms. The summed E-state index contributed by atoms with van der Waals surface area (Å²) in [5, 5.41) is 2.13. The second-order valence-corrected chi connectivity index (χ2v) is 7.22. The average Bonchev–Trinajstić information content (AvgIpc) is 2.80. The third kappa shape index (κ3) is 3.67. The molecule has 2 nitrogen and oxygen atoms in total. The molecule has 1 unspecified atom stereocenters. The summed E-state index contributed by atoms with van der Waals surface area (Å²) in [6.07, 6.45) is 0. The van der Waals surface area contributed by atoms with Crippen molar-refractivity contribution in [2.24, 2.45) is 5.73 Å². The summed E-state index contributed by atoms with van der Waals surface area (Å²) in [6, 6.07) is 7.42. The van der Waals surface area contributed by atoms with Crippen LogP contribution in [0.5, 0.6) is 0 Å². The summed E-state index contributed by atoms with van der Waals surface area (Å²) in [5.74, 6) is -0.172. The molecule has 20 heavy (non-hydrogen) atoms. The van der Waals surface area contributed by atoms with Gasteiger partial charge < -0.3 is 5.73 Å². The lowest BCUT2D eigenvalue weighted by atomic mass is 10.0. The van der Waals surface area contributed by atoms with Crippen LogP contribution in [0.2, 0.25) is 0 Å². The quantitative estimate of drug-likeness (QED) is 0.873. The minimum Gasteiger partial charge on any atom is -0.329 e. The first-order chi connectivity index (χ1) is 9.51. The Balaban J connectivity index is 2.16. The molecule has 1 atom stereocenters. The van der Waals surface area contributed by atoms with Crippen molar-refractivity contribution in [3.8, 4) is 0 Å². The first-order valence-electron chi connectivity index (χ1n) is 6.40. The fourth-order valence-electron chi connectivity index (χ4n) is 2.27. The number of aryl methyl sites for hydroxylation is 1. The Morgan fingerprint density at radius 1 is 1.40 bits per heavy atom. The van der Waals surface area contributed by atoms with Crippen LogP contribution in [0, 0.1) is 12.7 Å². The van der Waals surface area contributed by atoms with Crippen molar-refractivity contribution in [2.45, 2.75) is 19.5 Å². The van der Waals surface area contributed by atoms with Crippen LogP contribution in [-0.2, 0) is 6.54 Å². The molecule has 2 aromatic rings. The van der Waals surface area contributed by atoms with Crippen LogP contribution in [0.1, 0.15) is 22.7 Å².